The Kier molecular flexibility index (Phi) is 12.3. The van der Waals surface area contributed by atoms with Gasteiger partial charge in [0.05, 0.1) is 37.5 Å². The molecule has 8 heterocycles. The van der Waals surface area contributed by atoms with Crippen LogP contribution >= 0.6 is 0 Å². The molecule has 2 fully saturated rings. The number of aromatic nitrogens is 8. The molecule has 6 N–H and O–H groups in total. The molecule has 326 valence electrons. The summed E-state index contributed by atoms with van der Waals surface area (Å²) in [5, 5.41) is 30.7. The molecule has 16 nitrogen and oxygen atoms in total. The summed E-state index contributed by atoms with van der Waals surface area (Å²) in [6.07, 6.45) is 8.71. The van der Waals surface area contributed by atoms with Crippen LogP contribution in [0.1, 0.15) is 45.6 Å². The van der Waals surface area contributed by atoms with Crippen molar-refractivity contribution in [3.8, 4) is 22.8 Å². The molecule has 2 aliphatic rings. The van der Waals surface area contributed by atoms with Gasteiger partial charge in [-0.3, -0.25) is 9.97 Å². The second kappa shape index (κ2) is 19.0. The van der Waals surface area contributed by atoms with Crippen LogP contribution in [0.4, 0.5) is 11.6 Å². The van der Waals surface area contributed by atoms with Crippen LogP contribution in [0.25, 0.3) is 44.8 Å². The summed E-state index contributed by atoms with van der Waals surface area (Å²) in [6, 6.07) is 22.9. The number of hydrogen-bond donors (Lipinski definition) is 6. The molecule has 2 aliphatic heterocycles. The quantitative estimate of drug-likeness (QED) is 0.0769. The third-order valence-corrected chi connectivity index (χ3v) is 11.8. The summed E-state index contributed by atoms with van der Waals surface area (Å²) >= 11 is 0. The summed E-state index contributed by atoms with van der Waals surface area (Å²) in [5.41, 5.74) is 10.1. The maximum Gasteiger partial charge on any atom is 0.162 e. The Balaban J connectivity index is 0.928. The number of aromatic amines is 2. The number of fused-ring (bicyclic) bond motifs is 2. The molecule has 0 amide bonds. The van der Waals surface area contributed by atoms with Gasteiger partial charge in [0.25, 0.3) is 0 Å². The van der Waals surface area contributed by atoms with Crippen molar-refractivity contribution in [2.45, 2.75) is 38.4 Å². The molecule has 0 saturated carbocycles. The Morgan fingerprint density at radius 2 is 1.02 bits per heavy atom. The lowest BCUT2D eigenvalue weighted by Crippen LogP contribution is -2.37. The van der Waals surface area contributed by atoms with Gasteiger partial charge in [0.2, 0.25) is 0 Å². The summed E-state index contributed by atoms with van der Waals surface area (Å²) in [7, 11) is 0. The van der Waals surface area contributed by atoms with E-state index in [4.69, 9.17) is 29.4 Å². The Hall–Kier alpha value is -6.66. The first-order chi connectivity index (χ1) is 31.6. The van der Waals surface area contributed by atoms with Crippen LogP contribution in [-0.4, -0.2) is 103 Å². The topological polar surface area (TPSA) is 198 Å². The lowest BCUT2D eigenvalue weighted by molar-refractivity contribution is 0.0173. The molecule has 0 spiro atoms. The van der Waals surface area contributed by atoms with Crippen molar-refractivity contribution in [1.82, 2.24) is 50.5 Å². The second-order valence-corrected chi connectivity index (χ2v) is 16.1. The number of rotatable bonds is 15. The Morgan fingerprint density at radius 3 is 1.44 bits per heavy atom. The number of ether oxygens (including phenoxy) is 2. The van der Waals surface area contributed by atoms with Gasteiger partial charge in [0.1, 0.15) is 23.2 Å². The second-order valence-electron chi connectivity index (χ2n) is 16.1. The molecule has 10 rings (SSSR count). The summed E-state index contributed by atoms with van der Waals surface area (Å²) in [4.78, 5) is 40.2. The monoisotopic (exact) mass is 858 g/mol. The molecule has 2 atom stereocenters. The molecule has 2 aromatic carbocycles. The number of hydrogen-bond acceptors (Lipinski definition) is 14. The molecular formula is C48H50N12O4. The lowest BCUT2D eigenvalue weighted by atomic mass is 9.95. The number of anilines is 2. The minimum atomic E-state index is -1.26. The SMILES string of the molecule is OC(c1cccc(-c2nc(N3CCOCC3)c3[nH]cc(CNCc4cccnc4)c3n2)c1)C(O)c1cccc(-c2nc(N3CCOCC3)c3[nH]cc(CNCc4cccnc4)c3n2)c1. The number of aliphatic hydroxyl groups is 2. The van der Waals surface area contributed by atoms with Gasteiger partial charge in [-0.05, 0) is 46.5 Å². The van der Waals surface area contributed by atoms with E-state index in [0.717, 1.165) is 67.1 Å². The number of pyridine rings is 2. The summed E-state index contributed by atoms with van der Waals surface area (Å²) in [5.74, 6) is 2.64. The molecule has 2 saturated heterocycles. The first kappa shape index (κ1) is 41.4. The zero-order valence-electron chi connectivity index (χ0n) is 35.3. The van der Waals surface area contributed by atoms with E-state index >= 15 is 0 Å². The normalized spacial score (nSPS) is 15.5. The third kappa shape index (κ3) is 8.92. The lowest BCUT2D eigenvalue weighted by Gasteiger charge is -2.28. The van der Waals surface area contributed by atoms with E-state index in [-0.39, 0.29) is 0 Å². The van der Waals surface area contributed by atoms with Crippen LogP contribution in [0.3, 0.4) is 0 Å². The van der Waals surface area contributed by atoms with E-state index < -0.39 is 12.2 Å². The maximum absolute atomic E-state index is 11.8. The number of nitrogens with zero attached hydrogens (tertiary/aromatic N) is 8. The molecule has 0 radical (unpaired) electrons. The van der Waals surface area contributed by atoms with Crippen LogP contribution in [0.5, 0.6) is 0 Å². The summed E-state index contributed by atoms with van der Waals surface area (Å²) in [6.45, 7) is 7.73. The standard InChI is InChI=1S/C48H50N12O4/c61-43(33-7-1-9-35(21-33)45-55-39-37(27-51-25-31-5-3-11-49-23-31)29-53-41(39)47(57-45)59-13-17-63-18-14-59)44(62)34-8-2-10-36(22-34)46-56-40-38(28-52-26-32-6-4-12-50-24-32)30-54-42(40)48(58-46)60-15-19-64-20-16-60/h1-12,21-24,29-30,43-44,51-54,61-62H,13-20,25-28H2. The number of H-pyrrole nitrogens is 2. The van der Waals surface area contributed by atoms with Crippen molar-refractivity contribution in [2.75, 3.05) is 62.4 Å². The maximum atomic E-state index is 11.8. The third-order valence-electron chi connectivity index (χ3n) is 11.8. The minimum absolute atomic E-state index is 0.521. The first-order valence-electron chi connectivity index (χ1n) is 21.7. The zero-order valence-corrected chi connectivity index (χ0v) is 35.3. The van der Waals surface area contributed by atoms with E-state index in [1.807, 2.05) is 97.6 Å². The van der Waals surface area contributed by atoms with Crippen molar-refractivity contribution in [3.63, 3.8) is 0 Å². The van der Waals surface area contributed by atoms with Gasteiger partial charge in [0, 0.05) is 112 Å². The van der Waals surface area contributed by atoms with E-state index in [1.54, 1.807) is 12.4 Å². The zero-order chi connectivity index (χ0) is 43.2. The number of aliphatic hydroxyl groups excluding tert-OH is 2. The smallest absolute Gasteiger partial charge is 0.162 e. The van der Waals surface area contributed by atoms with Crippen molar-refractivity contribution < 1.29 is 19.7 Å². The number of nitrogens with one attached hydrogen (secondary N) is 4. The largest absolute Gasteiger partial charge is 0.385 e. The van der Waals surface area contributed by atoms with E-state index in [1.165, 1.54) is 0 Å². The highest BCUT2D eigenvalue weighted by Crippen LogP contribution is 2.36. The molecule has 6 aromatic heterocycles. The van der Waals surface area contributed by atoms with Gasteiger partial charge in [-0.2, -0.15) is 0 Å². The average molecular weight is 859 g/mol. The van der Waals surface area contributed by atoms with Crippen molar-refractivity contribution in [2.24, 2.45) is 0 Å². The Morgan fingerprint density at radius 1 is 0.562 bits per heavy atom. The predicted molar refractivity (Wildman–Crippen MR) is 244 cm³/mol. The minimum Gasteiger partial charge on any atom is -0.385 e. The van der Waals surface area contributed by atoms with Gasteiger partial charge in [-0.1, -0.05) is 48.5 Å². The molecule has 16 heteroatoms. The molecule has 64 heavy (non-hydrogen) atoms. The van der Waals surface area contributed by atoms with E-state index in [0.29, 0.717) is 102 Å². The van der Waals surface area contributed by atoms with E-state index in [2.05, 4.69) is 40.4 Å². The van der Waals surface area contributed by atoms with Crippen molar-refractivity contribution >= 4 is 33.7 Å². The van der Waals surface area contributed by atoms with Gasteiger partial charge in [-0.15, -0.1) is 0 Å². The predicted octanol–water partition coefficient (Wildman–Crippen LogP) is 5.37. The Bertz CT molecular complexity index is 2630. The van der Waals surface area contributed by atoms with Crippen LogP contribution in [0.2, 0.25) is 0 Å². The number of benzene rings is 2. The van der Waals surface area contributed by atoms with Gasteiger partial charge < -0.3 is 50.1 Å². The van der Waals surface area contributed by atoms with Crippen LogP contribution in [-0.2, 0) is 35.7 Å². The van der Waals surface area contributed by atoms with Crippen molar-refractivity contribution in [3.05, 3.63) is 143 Å². The first-order valence-corrected chi connectivity index (χ1v) is 21.7. The molecular weight excluding hydrogens is 809 g/mol. The van der Waals surface area contributed by atoms with E-state index in [9.17, 15) is 10.2 Å². The molecule has 2 unspecified atom stereocenters. The van der Waals surface area contributed by atoms with Crippen LogP contribution in [0, 0.1) is 0 Å². The fourth-order valence-electron chi connectivity index (χ4n) is 8.40. The van der Waals surface area contributed by atoms with Gasteiger partial charge in [-0.25, -0.2) is 19.9 Å². The van der Waals surface area contributed by atoms with Crippen molar-refractivity contribution in [1.29, 1.82) is 0 Å². The van der Waals surface area contributed by atoms with Gasteiger partial charge in [0.15, 0.2) is 23.3 Å². The highest BCUT2D eigenvalue weighted by Gasteiger charge is 2.26. The molecule has 0 bridgehead atoms. The number of morpholine rings is 2. The Labute approximate surface area is 369 Å². The fourth-order valence-corrected chi connectivity index (χ4v) is 8.40. The van der Waals surface area contributed by atoms with Crippen LogP contribution in [0.15, 0.2) is 110 Å². The molecule has 8 aromatic rings. The highest BCUT2D eigenvalue weighted by atomic mass is 16.5. The average Bonchev–Trinajstić information content (AvgIpc) is 3.98. The highest BCUT2D eigenvalue weighted by molar-refractivity contribution is 5.91. The fraction of sp³-hybridized carbons (Fsp3) is 0.292. The summed E-state index contributed by atoms with van der Waals surface area (Å²) < 4.78 is 11.4. The molecule has 0 aliphatic carbocycles. The van der Waals surface area contributed by atoms with Gasteiger partial charge >= 0.3 is 0 Å². The van der Waals surface area contributed by atoms with Crippen LogP contribution < -0.4 is 20.4 Å².